The molecular formula is C33H35N3O2. The first-order valence-electron chi connectivity index (χ1n) is 13.7. The Kier molecular flexibility index (Phi) is 6.50. The summed E-state index contributed by atoms with van der Waals surface area (Å²) in [6.45, 7) is 6.01. The van der Waals surface area contributed by atoms with E-state index in [9.17, 15) is 9.59 Å². The number of ketones is 1. The first-order chi connectivity index (χ1) is 18.5. The second-order valence-electron chi connectivity index (χ2n) is 11.0. The van der Waals surface area contributed by atoms with E-state index in [1.807, 2.05) is 48.5 Å². The number of nitrogens with one attached hydrogen (secondary N) is 2. The first kappa shape index (κ1) is 24.8. The summed E-state index contributed by atoms with van der Waals surface area (Å²) in [5.74, 6) is -0.0554. The van der Waals surface area contributed by atoms with Crippen LogP contribution in [0.3, 0.4) is 0 Å². The van der Waals surface area contributed by atoms with E-state index in [0.29, 0.717) is 13.1 Å². The zero-order chi connectivity index (χ0) is 26.3. The highest BCUT2D eigenvalue weighted by Gasteiger charge is 2.67. The smallest absolute Gasteiger partial charge is 0.242 e. The minimum atomic E-state index is -0.900. The van der Waals surface area contributed by atoms with Crippen molar-refractivity contribution in [1.82, 2.24) is 10.2 Å². The molecule has 1 amide bonds. The van der Waals surface area contributed by atoms with Crippen molar-refractivity contribution in [2.75, 3.05) is 25.0 Å². The zero-order valence-corrected chi connectivity index (χ0v) is 22.1. The number of fused-ring (bicyclic) bond motifs is 1. The molecule has 3 aromatic rings. The van der Waals surface area contributed by atoms with Gasteiger partial charge in [-0.1, -0.05) is 66.7 Å². The Labute approximate surface area is 224 Å². The number of carbonyl (C=O) groups is 2. The molecule has 1 spiro atoms. The number of benzene rings is 3. The van der Waals surface area contributed by atoms with Crippen LogP contribution in [0.4, 0.5) is 5.69 Å². The maximum absolute atomic E-state index is 14.8. The number of amides is 1. The summed E-state index contributed by atoms with van der Waals surface area (Å²) in [7, 11) is 0. The third-order valence-electron chi connectivity index (χ3n) is 8.88. The van der Waals surface area contributed by atoms with Crippen molar-refractivity contribution in [1.29, 1.82) is 0 Å². The Morgan fingerprint density at radius 3 is 2.45 bits per heavy atom. The molecule has 3 aromatic carbocycles. The summed E-state index contributed by atoms with van der Waals surface area (Å²) < 4.78 is 0. The van der Waals surface area contributed by atoms with Crippen LogP contribution in [-0.2, 0) is 9.59 Å². The minimum Gasteiger partial charge on any atom is -0.325 e. The van der Waals surface area contributed by atoms with Gasteiger partial charge < -0.3 is 10.6 Å². The van der Waals surface area contributed by atoms with Gasteiger partial charge in [0.2, 0.25) is 5.91 Å². The van der Waals surface area contributed by atoms with Crippen molar-refractivity contribution >= 4 is 23.5 Å². The molecule has 0 bridgehead atoms. The van der Waals surface area contributed by atoms with Gasteiger partial charge in [0.1, 0.15) is 6.04 Å². The number of rotatable bonds is 4. The van der Waals surface area contributed by atoms with Crippen molar-refractivity contribution in [3.63, 3.8) is 0 Å². The van der Waals surface area contributed by atoms with E-state index in [-0.39, 0.29) is 23.7 Å². The van der Waals surface area contributed by atoms with Crippen molar-refractivity contribution < 1.29 is 9.59 Å². The predicted molar refractivity (Wildman–Crippen MR) is 152 cm³/mol. The average molecular weight is 506 g/mol. The fourth-order valence-corrected chi connectivity index (χ4v) is 7.23. The standard InChI is InChI=1S/C33H35N3O2/c1-22-11-6-8-13-24(22)19-25-20-34-21-33(31(25)37)29(27-16-9-7-12-23(27)2)28-17-10-18-36(28)30(33)32(38)35-26-14-4-3-5-15-26/h3-9,11-16,19,28-30,34H,10,17-18,20-21H2,1-2H3,(H,35,38)/b25-19+/t28?,29-,30+,33?/m0/s1. The van der Waals surface area contributed by atoms with Gasteiger partial charge in [-0.3, -0.25) is 14.5 Å². The summed E-state index contributed by atoms with van der Waals surface area (Å²) in [6.07, 6.45) is 4.06. The zero-order valence-electron chi connectivity index (χ0n) is 22.1. The molecule has 5 heteroatoms. The lowest BCUT2D eigenvalue weighted by Crippen LogP contribution is -2.60. The molecule has 0 aliphatic carbocycles. The maximum atomic E-state index is 14.8. The van der Waals surface area contributed by atoms with E-state index in [1.54, 1.807) is 0 Å². The van der Waals surface area contributed by atoms with Gasteiger partial charge in [0.15, 0.2) is 5.78 Å². The molecule has 6 rings (SSSR count). The van der Waals surface area contributed by atoms with E-state index in [4.69, 9.17) is 0 Å². The summed E-state index contributed by atoms with van der Waals surface area (Å²) >= 11 is 0. The summed E-state index contributed by atoms with van der Waals surface area (Å²) in [6, 6.07) is 25.8. The van der Waals surface area contributed by atoms with Crippen molar-refractivity contribution in [2.45, 2.75) is 44.7 Å². The van der Waals surface area contributed by atoms with Gasteiger partial charge >= 0.3 is 0 Å². The molecule has 3 saturated heterocycles. The van der Waals surface area contributed by atoms with Crippen molar-refractivity contribution in [3.8, 4) is 0 Å². The van der Waals surface area contributed by atoms with Crippen molar-refractivity contribution in [3.05, 3.63) is 107 Å². The maximum Gasteiger partial charge on any atom is 0.242 e. The van der Waals surface area contributed by atoms with Crippen LogP contribution >= 0.6 is 0 Å². The molecule has 0 aromatic heterocycles. The molecule has 38 heavy (non-hydrogen) atoms. The lowest BCUT2D eigenvalue weighted by Gasteiger charge is -2.43. The van der Waals surface area contributed by atoms with Gasteiger partial charge in [-0.05, 0) is 73.7 Å². The Balaban J connectivity index is 1.51. The van der Waals surface area contributed by atoms with Crippen LogP contribution in [0.5, 0.6) is 0 Å². The van der Waals surface area contributed by atoms with Crippen LogP contribution in [-0.4, -0.2) is 48.3 Å². The number of Topliss-reactive ketones (excluding diaryl/α,β-unsaturated/α-hetero) is 1. The van der Waals surface area contributed by atoms with Crippen molar-refractivity contribution in [2.24, 2.45) is 5.41 Å². The number of hydrogen-bond donors (Lipinski definition) is 2. The largest absolute Gasteiger partial charge is 0.325 e. The second-order valence-corrected chi connectivity index (χ2v) is 11.0. The van der Waals surface area contributed by atoms with Gasteiger partial charge in [-0.25, -0.2) is 0 Å². The molecule has 0 radical (unpaired) electrons. The first-order valence-corrected chi connectivity index (χ1v) is 13.7. The number of para-hydroxylation sites is 1. The fraction of sp³-hybridized carbons (Fsp3) is 0.333. The number of nitrogens with zero attached hydrogens (tertiary/aromatic N) is 1. The molecule has 3 fully saturated rings. The van der Waals surface area contributed by atoms with Crippen LogP contribution in [0.25, 0.3) is 6.08 Å². The summed E-state index contributed by atoms with van der Waals surface area (Å²) in [5.41, 5.74) is 5.15. The molecule has 3 aliphatic heterocycles. The fourth-order valence-electron chi connectivity index (χ4n) is 7.23. The van der Waals surface area contributed by atoms with Crippen LogP contribution < -0.4 is 10.6 Å². The van der Waals surface area contributed by atoms with Gasteiger partial charge in [0.05, 0.1) is 5.41 Å². The number of hydrogen-bond acceptors (Lipinski definition) is 4. The molecular weight excluding hydrogens is 470 g/mol. The van der Waals surface area contributed by atoms with Crippen LogP contribution in [0.15, 0.2) is 84.4 Å². The third-order valence-corrected chi connectivity index (χ3v) is 8.88. The van der Waals surface area contributed by atoms with Crippen LogP contribution in [0.1, 0.15) is 41.0 Å². The average Bonchev–Trinajstić information content (AvgIpc) is 3.48. The van der Waals surface area contributed by atoms with E-state index >= 15 is 0 Å². The Bertz CT molecular complexity index is 1400. The Morgan fingerprint density at radius 2 is 1.68 bits per heavy atom. The quantitative estimate of drug-likeness (QED) is 0.484. The molecule has 194 valence electrons. The highest BCUT2D eigenvalue weighted by molar-refractivity contribution is 6.10. The molecule has 0 saturated carbocycles. The summed E-state index contributed by atoms with van der Waals surface area (Å²) in [4.78, 5) is 31.4. The Hall–Kier alpha value is -3.54. The van der Waals surface area contributed by atoms with Gasteiger partial charge in [-0.15, -0.1) is 0 Å². The monoisotopic (exact) mass is 505 g/mol. The van der Waals surface area contributed by atoms with E-state index in [2.05, 4.69) is 65.8 Å². The van der Waals surface area contributed by atoms with E-state index in [0.717, 1.165) is 41.8 Å². The highest BCUT2D eigenvalue weighted by Crippen LogP contribution is 2.57. The molecule has 3 heterocycles. The number of carbonyl (C=O) groups excluding carboxylic acids is 2. The van der Waals surface area contributed by atoms with Crippen LogP contribution in [0, 0.1) is 19.3 Å². The molecule has 2 unspecified atom stereocenters. The molecule has 4 atom stereocenters. The normalized spacial score (nSPS) is 28.1. The second kappa shape index (κ2) is 9.97. The van der Waals surface area contributed by atoms with E-state index in [1.165, 1.54) is 11.1 Å². The Morgan fingerprint density at radius 1 is 0.974 bits per heavy atom. The lowest BCUT2D eigenvalue weighted by atomic mass is 9.61. The molecule has 3 aliphatic rings. The van der Waals surface area contributed by atoms with Gasteiger partial charge in [0, 0.05) is 36.3 Å². The highest BCUT2D eigenvalue weighted by atomic mass is 16.2. The number of aryl methyl sites for hydroxylation is 2. The summed E-state index contributed by atoms with van der Waals surface area (Å²) in [5, 5.41) is 6.77. The van der Waals surface area contributed by atoms with E-state index < -0.39 is 11.5 Å². The SMILES string of the molecule is Cc1ccccc1/C=C1\CNCC2(C1=O)[C@@H](c1ccccc1C)C1CCCN1[C@@H]2C(=O)Nc1ccccc1. The number of anilines is 1. The third kappa shape index (κ3) is 4.01. The predicted octanol–water partition coefficient (Wildman–Crippen LogP) is 5.11. The topological polar surface area (TPSA) is 61.4 Å². The number of piperidine rings is 1. The molecule has 5 nitrogen and oxygen atoms in total. The molecule has 2 N–H and O–H groups in total. The minimum absolute atomic E-state index is 0.0710. The van der Waals surface area contributed by atoms with Crippen LogP contribution in [0.2, 0.25) is 0 Å². The lowest BCUT2D eigenvalue weighted by molar-refractivity contribution is -0.135. The van der Waals surface area contributed by atoms with Gasteiger partial charge in [0.25, 0.3) is 0 Å². The van der Waals surface area contributed by atoms with Gasteiger partial charge in [-0.2, -0.15) is 0 Å².